The summed E-state index contributed by atoms with van der Waals surface area (Å²) < 4.78 is 25.9. The van der Waals surface area contributed by atoms with Crippen molar-refractivity contribution in [2.75, 3.05) is 5.75 Å². The summed E-state index contributed by atoms with van der Waals surface area (Å²) in [5, 5.41) is 8.96. The zero-order valence-electron chi connectivity index (χ0n) is 11.7. The first-order chi connectivity index (χ1) is 9.29. The second kappa shape index (κ2) is 5.54. The van der Waals surface area contributed by atoms with Gasteiger partial charge in [-0.25, -0.2) is 13.2 Å². The Morgan fingerprint density at radius 1 is 1.30 bits per heavy atom. The van der Waals surface area contributed by atoms with Crippen LogP contribution in [0.5, 0.6) is 0 Å². The average Bonchev–Trinajstić information content (AvgIpc) is 2.80. The first kappa shape index (κ1) is 15.0. The molecule has 0 aromatic heterocycles. The second-order valence-corrected chi connectivity index (χ2v) is 7.64. The van der Waals surface area contributed by atoms with Crippen molar-refractivity contribution in [3.63, 3.8) is 0 Å². The molecule has 20 heavy (non-hydrogen) atoms. The number of sulfonamides is 1. The third-order valence-electron chi connectivity index (χ3n) is 3.49. The van der Waals surface area contributed by atoms with Crippen molar-refractivity contribution in [3.8, 4) is 0 Å². The summed E-state index contributed by atoms with van der Waals surface area (Å²) in [6, 6.07) is 4.79. The number of hydrogen-bond acceptors (Lipinski definition) is 3. The normalized spacial score (nSPS) is 15.6. The molecule has 0 atom stereocenters. The predicted molar refractivity (Wildman–Crippen MR) is 75.9 cm³/mol. The van der Waals surface area contributed by atoms with Gasteiger partial charge in [0.2, 0.25) is 10.0 Å². The summed E-state index contributed by atoms with van der Waals surface area (Å²) in [5.74, 6) is -0.507. The topological polar surface area (TPSA) is 74.7 Å². The molecule has 0 spiro atoms. The minimum absolute atomic E-state index is 0.143. The Morgan fingerprint density at radius 3 is 2.55 bits per heavy atom. The van der Waals surface area contributed by atoms with Gasteiger partial charge in [-0.1, -0.05) is 19.9 Å². The van der Waals surface area contributed by atoms with Crippen LogP contribution in [-0.2, 0) is 23.1 Å². The fourth-order valence-electron chi connectivity index (χ4n) is 2.21. The molecule has 0 amide bonds. The molecule has 110 valence electrons. The lowest BCUT2D eigenvalue weighted by Gasteiger charge is -2.16. The van der Waals surface area contributed by atoms with Gasteiger partial charge in [0, 0.05) is 13.1 Å². The molecule has 1 N–H and O–H groups in total. The Labute approximate surface area is 119 Å². The van der Waals surface area contributed by atoms with Crippen molar-refractivity contribution in [2.24, 2.45) is 5.92 Å². The van der Waals surface area contributed by atoms with E-state index in [1.807, 2.05) is 13.8 Å². The minimum atomic E-state index is -3.27. The lowest BCUT2D eigenvalue weighted by Crippen LogP contribution is -2.28. The molecule has 2 rings (SSSR count). The molecule has 5 nitrogen and oxygen atoms in total. The number of nitrogens with zero attached hydrogens (tertiary/aromatic N) is 1. The number of carboxylic acid groups (broad SMARTS) is 1. The highest BCUT2D eigenvalue weighted by molar-refractivity contribution is 7.89. The predicted octanol–water partition coefficient (Wildman–Crippen LogP) is 2.08. The maximum Gasteiger partial charge on any atom is 0.335 e. The summed E-state index contributed by atoms with van der Waals surface area (Å²) in [6.45, 7) is 4.60. The van der Waals surface area contributed by atoms with Crippen molar-refractivity contribution in [1.82, 2.24) is 4.31 Å². The Bertz CT molecular complexity index is 622. The zero-order valence-corrected chi connectivity index (χ0v) is 12.5. The summed E-state index contributed by atoms with van der Waals surface area (Å²) in [6.07, 6.45) is 0.634. The molecular weight excluding hydrogens is 278 g/mol. The first-order valence-corrected chi connectivity index (χ1v) is 8.23. The third kappa shape index (κ3) is 3.19. The van der Waals surface area contributed by atoms with Crippen molar-refractivity contribution in [2.45, 2.75) is 33.4 Å². The lowest BCUT2D eigenvalue weighted by molar-refractivity contribution is 0.0696. The maximum atomic E-state index is 12.2. The highest BCUT2D eigenvalue weighted by Gasteiger charge is 2.29. The van der Waals surface area contributed by atoms with E-state index in [0.717, 1.165) is 11.1 Å². The number of fused-ring (bicyclic) bond motifs is 1. The van der Waals surface area contributed by atoms with Gasteiger partial charge in [0.15, 0.2) is 0 Å². The van der Waals surface area contributed by atoms with E-state index >= 15 is 0 Å². The zero-order chi connectivity index (χ0) is 14.9. The Hall–Kier alpha value is -1.40. The van der Waals surface area contributed by atoms with Crippen LogP contribution in [0.3, 0.4) is 0 Å². The van der Waals surface area contributed by atoms with Crippen molar-refractivity contribution in [3.05, 3.63) is 34.9 Å². The number of carboxylic acids is 1. The van der Waals surface area contributed by atoms with E-state index in [2.05, 4.69) is 0 Å². The van der Waals surface area contributed by atoms with E-state index in [4.69, 9.17) is 5.11 Å². The van der Waals surface area contributed by atoms with Gasteiger partial charge in [-0.15, -0.1) is 0 Å². The van der Waals surface area contributed by atoms with E-state index in [1.54, 1.807) is 12.1 Å². The molecule has 1 aromatic rings. The van der Waals surface area contributed by atoms with E-state index < -0.39 is 16.0 Å². The third-order valence-corrected chi connectivity index (χ3v) is 5.29. The van der Waals surface area contributed by atoms with Gasteiger partial charge >= 0.3 is 5.97 Å². The molecule has 0 aliphatic carbocycles. The average molecular weight is 297 g/mol. The highest BCUT2D eigenvalue weighted by atomic mass is 32.2. The fourth-order valence-corrected chi connectivity index (χ4v) is 3.91. The summed E-state index contributed by atoms with van der Waals surface area (Å²) in [4.78, 5) is 10.9. The van der Waals surface area contributed by atoms with Gasteiger partial charge in [0.25, 0.3) is 0 Å². The molecule has 1 aliphatic heterocycles. The van der Waals surface area contributed by atoms with E-state index in [1.165, 1.54) is 10.4 Å². The Morgan fingerprint density at radius 2 is 1.95 bits per heavy atom. The lowest BCUT2D eigenvalue weighted by atomic mass is 10.1. The van der Waals surface area contributed by atoms with Crippen LogP contribution in [0.2, 0.25) is 0 Å². The van der Waals surface area contributed by atoms with Crippen molar-refractivity contribution in [1.29, 1.82) is 0 Å². The monoisotopic (exact) mass is 297 g/mol. The molecule has 0 saturated carbocycles. The molecule has 0 fully saturated rings. The standard InChI is InChI=1S/C14H19NO4S/c1-10(2)5-6-20(18,19)15-8-12-4-3-11(14(16)17)7-13(12)9-15/h3-4,7,10H,5-6,8-9H2,1-2H3,(H,16,17). The van der Waals surface area contributed by atoms with Gasteiger partial charge in [-0.2, -0.15) is 4.31 Å². The van der Waals surface area contributed by atoms with E-state index in [9.17, 15) is 13.2 Å². The van der Waals surface area contributed by atoms with Gasteiger partial charge < -0.3 is 5.11 Å². The summed E-state index contributed by atoms with van der Waals surface area (Å²) >= 11 is 0. The highest BCUT2D eigenvalue weighted by Crippen LogP contribution is 2.27. The Balaban J connectivity index is 2.14. The number of aromatic carboxylic acids is 1. The molecule has 6 heteroatoms. The van der Waals surface area contributed by atoms with Crippen LogP contribution in [0.15, 0.2) is 18.2 Å². The molecule has 0 saturated heterocycles. The fraction of sp³-hybridized carbons (Fsp3) is 0.500. The van der Waals surface area contributed by atoms with Gasteiger partial charge in [-0.05, 0) is 35.6 Å². The van der Waals surface area contributed by atoms with Crippen LogP contribution in [-0.4, -0.2) is 29.6 Å². The molecule has 0 unspecified atom stereocenters. The van der Waals surface area contributed by atoms with Crippen LogP contribution < -0.4 is 0 Å². The summed E-state index contributed by atoms with van der Waals surface area (Å²) in [5.41, 5.74) is 1.88. The van der Waals surface area contributed by atoms with Crippen molar-refractivity contribution < 1.29 is 18.3 Å². The van der Waals surface area contributed by atoms with Crippen LogP contribution >= 0.6 is 0 Å². The minimum Gasteiger partial charge on any atom is -0.478 e. The number of rotatable bonds is 5. The van der Waals surface area contributed by atoms with Crippen LogP contribution in [0, 0.1) is 5.92 Å². The van der Waals surface area contributed by atoms with Crippen LogP contribution in [0.1, 0.15) is 41.8 Å². The van der Waals surface area contributed by atoms with Crippen LogP contribution in [0.4, 0.5) is 0 Å². The van der Waals surface area contributed by atoms with Gasteiger partial charge in [0.05, 0.1) is 11.3 Å². The maximum absolute atomic E-state index is 12.2. The molecule has 0 radical (unpaired) electrons. The van der Waals surface area contributed by atoms with Crippen molar-refractivity contribution >= 4 is 16.0 Å². The Kier molecular flexibility index (Phi) is 4.15. The number of carbonyl (C=O) groups is 1. The summed E-state index contributed by atoms with van der Waals surface area (Å²) in [7, 11) is -3.27. The van der Waals surface area contributed by atoms with E-state index in [-0.39, 0.29) is 17.9 Å². The second-order valence-electron chi connectivity index (χ2n) is 5.56. The smallest absolute Gasteiger partial charge is 0.335 e. The molecule has 1 aliphatic rings. The van der Waals surface area contributed by atoms with Gasteiger partial charge in [-0.3, -0.25) is 0 Å². The largest absolute Gasteiger partial charge is 0.478 e. The molecular formula is C14H19NO4S. The quantitative estimate of drug-likeness (QED) is 0.903. The first-order valence-electron chi connectivity index (χ1n) is 6.62. The molecule has 1 heterocycles. The molecule has 1 aromatic carbocycles. The van der Waals surface area contributed by atoms with Gasteiger partial charge in [0.1, 0.15) is 0 Å². The van der Waals surface area contributed by atoms with E-state index in [0.29, 0.717) is 18.9 Å². The number of hydrogen-bond donors (Lipinski definition) is 1. The SMILES string of the molecule is CC(C)CCS(=O)(=O)N1Cc2ccc(C(=O)O)cc2C1. The molecule has 0 bridgehead atoms. The van der Waals surface area contributed by atoms with Crippen LogP contribution in [0.25, 0.3) is 0 Å². The number of benzene rings is 1.